The third kappa shape index (κ3) is 2.39. The van der Waals surface area contributed by atoms with E-state index in [1.807, 2.05) is 24.3 Å². The van der Waals surface area contributed by atoms with Gasteiger partial charge in [0.1, 0.15) is 5.82 Å². The lowest BCUT2D eigenvalue weighted by molar-refractivity contribution is 0.962. The van der Waals surface area contributed by atoms with E-state index in [0.29, 0.717) is 5.33 Å². The molecule has 2 aromatic carbocycles. The van der Waals surface area contributed by atoms with Crippen LogP contribution in [0.25, 0.3) is 17.1 Å². The van der Waals surface area contributed by atoms with Gasteiger partial charge < -0.3 is 0 Å². The Morgan fingerprint density at radius 3 is 2.50 bits per heavy atom. The van der Waals surface area contributed by atoms with Crippen molar-refractivity contribution in [1.29, 1.82) is 0 Å². The molecule has 0 saturated heterocycles. The lowest BCUT2D eigenvalue weighted by Gasteiger charge is -2.09. The van der Waals surface area contributed by atoms with Crippen LogP contribution in [0.2, 0.25) is 0 Å². The summed E-state index contributed by atoms with van der Waals surface area (Å²) in [5, 5.41) is 9.31. The summed E-state index contributed by atoms with van der Waals surface area (Å²) in [7, 11) is 0. The molecular weight excluding hydrogens is 314 g/mol. The van der Waals surface area contributed by atoms with E-state index in [2.05, 4.69) is 67.9 Å². The normalized spacial score (nSPS) is 10.7. The molecule has 20 heavy (non-hydrogen) atoms. The second-order valence-corrected chi connectivity index (χ2v) is 5.17. The highest BCUT2D eigenvalue weighted by Crippen LogP contribution is 2.24. The minimum absolute atomic E-state index is 0.667. The van der Waals surface area contributed by atoms with Crippen LogP contribution >= 0.6 is 15.9 Å². The molecule has 0 fully saturated rings. The standard InChI is InChI=1S/C16H14BrN3/c1-12-6-5-7-13(10-12)16-19-18-15(11-17)20(16)14-8-3-2-4-9-14/h2-10H,11H2,1H3. The van der Waals surface area contributed by atoms with Crippen molar-refractivity contribution < 1.29 is 0 Å². The fraction of sp³-hybridized carbons (Fsp3) is 0.125. The summed E-state index contributed by atoms with van der Waals surface area (Å²) in [5.41, 5.74) is 3.36. The van der Waals surface area contributed by atoms with Gasteiger partial charge in [-0.25, -0.2) is 0 Å². The molecule has 0 bridgehead atoms. The van der Waals surface area contributed by atoms with Gasteiger partial charge in [0.25, 0.3) is 0 Å². The van der Waals surface area contributed by atoms with Crippen LogP contribution in [0.5, 0.6) is 0 Å². The van der Waals surface area contributed by atoms with Crippen LogP contribution in [0.15, 0.2) is 54.6 Å². The summed E-state index contributed by atoms with van der Waals surface area (Å²) in [6, 6.07) is 18.5. The first-order chi connectivity index (χ1) is 9.79. The lowest BCUT2D eigenvalue weighted by Crippen LogP contribution is -2.01. The molecule has 100 valence electrons. The van der Waals surface area contributed by atoms with Gasteiger partial charge in [0.2, 0.25) is 0 Å². The third-order valence-corrected chi connectivity index (χ3v) is 3.64. The highest BCUT2D eigenvalue weighted by molar-refractivity contribution is 9.08. The zero-order valence-corrected chi connectivity index (χ0v) is 12.7. The molecule has 1 aromatic heterocycles. The fourth-order valence-corrected chi connectivity index (χ4v) is 2.59. The zero-order chi connectivity index (χ0) is 13.9. The molecule has 0 radical (unpaired) electrons. The minimum Gasteiger partial charge on any atom is -0.278 e. The van der Waals surface area contributed by atoms with Gasteiger partial charge in [-0.2, -0.15) is 0 Å². The number of aromatic nitrogens is 3. The molecule has 0 spiro atoms. The summed E-state index contributed by atoms with van der Waals surface area (Å²) in [4.78, 5) is 0. The Balaban J connectivity index is 2.20. The Kier molecular flexibility index (Phi) is 3.65. The van der Waals surface area contributed by atoms with Crippen molar-refractivity contribution >= 4 is 15.9 Å². The first kappa shape index (κ1) is 13.1. The van der Waals surface area contributed by atoms with E-state index in [1.54, 1.807) is 0 Å². The predicted octanol–water partition coefficient (Wildman–Crippen LogP) is 4.14. The molecule has 4 heteroatoms. The van der Waals surface area contributed by atoms with E-state index < -0.39 is 0 Å². The molecule has 0 saturated carbocycles. The van der Waals surface area contributed by atoms with Gasteiger partial charge in [-0.3, -0.25) is 4.57 Å². The van der Waals surface area contributed by atoms with Crippen molar-refractivity contribution in [3.05, 3.63) is 66.0 Å². The SMILES string of the molecule is Cc1cccc(-c2nnc(CBr)n2-c2ccccc2)c1. The average Bonchev–Trinajstić information content (AvgIpc) is 2.92. The molecule has 3 nitrogen and oxygen atoms in total. The van der Waals surface area contributed by atoms with Crippen molar-refractivity contribution in [3.8, 4) is 17.1 Å². The lowest BCUT2D eigenvalue weighted by atomic mass is 10.1. The second-order valence-electron chi connectivity index (χ2n) is 4.61. The molecule has 1 heterocycles. The number of halogens is 1. The minimum atomic E-state index is 0.667. The predicted molar refractivity (Wildman–Crippen MR) is 84.2 cm³/mol. The third-order valence-electron chi connectivity index (χ3n) is 3.14. The quantitative estimate of drug-likeness (QED) is 0.677. The summed E-state index contributed by atoms with van der Waals surface area (Å²) in [6.45, 7) is 2.08. The Morgan fingerprint density at radius 2 is 1.80 bits per heavy atom. The van der Waals surface area contributed by atoms with E-state index in [4.69, 9.17) is 0 Å². The van der Waals surface area contributed by atoms with Crippen LogP contribution in [0, 0.1) is 6.92 Å². The smallest absolute Gasteiger partial charge is 0.168 e. The van der Waals surface area contributed by atoms with Crippen LogP contribution in [0.4, 0.5) is 0 Å². The molecule has 3 aromatic rings. The average molecular weight is 328 g/mol. The van der Waals surface area contributed by atoms with Crippen molar-refractivity contribution in [1.82, 2.24) is 14.8 Å². The van der Waals surface area contributed by atoms with Crippen molar-refractivity contribution in [2.45, 2.75) is 12.3 Å². The first-order valence-corrected chi connectivity index (χ1v) is 7.54. The number of alkyl halides is 1. The Bertz CT molecular complexity index is 720. The molecule has 0 aliphatic rings. The van der Waals surface area contributed by atoms with E-state index in [9.17, 15) is 0 Å². The van der Waals surface area contributed by atoms with E-state index in [-0.39, 0.29) is 0 Å². The van der Waals surface area contributed by atoms with Gasteiger partial charge in [-0.15, -0.1) is 10.2 Å². The molecule has 0 unspecified atom stereocenters. The number of hydrogen-bond donors (Lipinski definition) is 0. The van der Waals surface area contributed by atoms with Crippen molar-refractivity contribution in [2.24, 2.45) is 0 Å². The number of para-hydroxylation sites is 1. The Morgan fingerprint density at radius 1 is 1.00 bits per heavy atom. The van der Waals surface area contributed by atoms with Crippen molar-refractivity contribution in [3.63, 3.8) is 0 Å². The van der Waals surface area contributed by atoms with Gasteiger partial charge >= 0.3 is 0 Å². The first-order valence-electron chi connectivity index (χ1n) is 6.42. The van der Waals surface area contributed by atoms with Gasteiger partial charge in [0.15, 0.2) is 5.82 Å². The highest BCUT2D eigenvalue weighted by Gasteiger charge is 2.14. The maximum absolute atomic E-state index is 4.36. The summed E-state index contributed by atoms with van der Waals surface area (Å²) >= 11 is 3.48. The highest BCUT2D eigenvalue weighted by atomic mass is 79.9. The molecule has 3 rings (SSSR count). The summed E-state index contributed by atoms with van der Waals surface area (Å²) < 4.78 is 2.09. The number of rotatable bonds is 3. The van der Waals surface area contributed by atoms with Crippen LogP contribution in [0.1, 0.15) is 11.4 Å². The maximum Gasteiger partial charge on any atom is 0.168 e. The number of nitrogens with zero attached hydrogens (tertiary/aromatic N) is 3. The number of benzene rings is 2. The van der Waals surface area contributed by atoms with Gasteiger partial charge in [-0.1, -0.05) is 57.9 Å². The van der Waals surface area contributed by atoms with Crippen LogP contribution in [-0.2, 0) is 5.33 Å². The van der Waals surface area contributed by atoms with Gasteiger partial charge in [0.05, 0.1) is 5.33 Å². The zero-order valence-electron chi connectivity index (χ0n) is 11.1. The summed E-state index contributed by atoms with van der Waals surface area (Å²) in [5.74, 6) is 1.77. The largest absolute Gasteiger partial charge is 0.278 e. The second kappa shape index (κ2) is 5.59. The Hall–Kier alpha value is -1.94. The van der Waals surface area contributed by atoms with E-state index in [1.165, 1.54) is 5.56 Å². The van der Waals surface area contributed by atoms with Gasteiger partial charge in [0, 0.05) is 11.3 Å². The molecule has 0 N–H and O–H groups in total. The molecule has 0 aliphatic heterocycles. The Labute approximate surface area is 126 Å². The summed E-state index contributed by atoms with van der Waals surface area (Å²) in [6.07, 6.45) is 0. The molecule has 0 amide bonds. The van der Waals surface area contributed by atoms with Crippen LogP contribution in [-0.4, -0.2) is 14.8 Å². The topological polar surface area (TPSA) is 30.7 Å². The monoisotopic (exact) mass is 327 g/mol. The maximum atomic E-state index is 4.36. The molecular formula is C16H14BrN3. The number of hydrogen-bond acceptors (Lipinski definition) is 2. The van der Waals surface area contributed by atoms with Gasteiger partial charge in [-0.05, 0) is 25.1 Å². The van der Waals surface area contributed by atoms with Crippen LogP contribution < -0.4 is 0 Å². The van der Waals surface area contributed by atoms with E-state index >= 15 is 0 Å². The molecule has 0 atom stereocenters. The molecule has 0 aliphatic carbocycles. The fourth-order valence-electron chi connectivity index (χ4n) is 2.22. The van der Waals surface area contributed by atoms with E-state index in [0.717, 1.165) is 22.9 Å². The number of aryl methyl sites for hydroxylation is 1. The van der Waals surface area contributed by atoms with Crippen LogP contribution in [0.3, 0.4) is 0 Å². The van der Waals surface area contributed by atoms with Crippen molar-refractivity contribution in [2.75, 3.05) is 0 Å².